The Balaban J connectivity index is 1.39. The molecule has 2 N–H and O–H groups in total. The van der Waals surface area contributed by atoms with Gasteiger partial charge in [-0.3, -0.25) is 4.55 Å². The molecule has 0 aromatic heterocycles. The smallest absolute Gasteiger partial charge is 0.294 e. The molecule has 212 valence electrons. The van der Waals surface area contributed by atoms with Gasteiger partial charge >= 0.3 is 0 Å². The number of hydrogen-bond acceptors (Lipinski definition) is 3. The largest absolute Gasteiger partial charge is 0.358 e. The Labute approximate surface area is 244 Å². The summed E-state index contributed by atoms with van der Waals surface area (Å²) in [6.07, 6.45) is 11.9. The van der Waals surface area contributed by atoms with Crippen molar-refractivity contribution in [3.05, 3.63) is 88.7 Å². The molecular formula is C33H40ClN2O3S+. The highest BCUT2D eigenvalue weighted by Crippen LogP contribution is 2.45. The molecule has 0 radical (unpaired) electrons. The van der Waals surface area contributed by atoms with Crippen LogP contribution in [0, 0.1) is 12.8 Å². The third-order valence-electron chi connectivity index (χ3n) is 8.97. The highest BCUT2D eigenvalue weighted by atomic mass is 35.5. The molecule has 2 aliphatic heterocycles. The van der Waals surface area contributed by atoms with Gasteiger partial charge in [0.2, 0.25) is 5.69 Å². The van der Waals surface area contributed by atoms with Crippen molar-refractivity contribution in [2.45, 2.75) is 81.9 Å². The van der Waals surface area contributed by atoms with Crippen LogP contribution < -0.4 is 5.32 Å². The van der Waals surface area contributed by atoms with Crippen molar-refractivity contribution in [1.82, 2.24) is 0 Å². The minimum Gasteiger partial charge on any atom is -0.358 e. The van der Waals surface area contributed by atoms with Crippen molar-refractivity contribution in [2.75, 3.05) is 11.9 Å². The van der Waals surface area contributed by atoms with Crippen molar-refractivity contribution in [2.24, 2.45) is 5.92 Å². The first-order valence-electron chi connectivity index (χ1n) is 14.1. The number of anilines is 1. The van der Waals surface area contributed by atoms with E-state index in [-0.39, 0.29) is 21.6 Å². The second kappa shape index (κ2) is 10.3. The first kappa shape index (κ1) is 28.8. The molecule has 2 unspecified atom stereocenters. The Hall–Kier alpha value is -2.67. The normalized spacial score (nSPS) is 25.5. The van der Waals surface area contributed by atoms with Crippen LogP contribution in [0.1, 0.15) is 70.6 Å². The van der Waals surface area contributed by atoms with Gasteiger partial charge in [0, 0.05) is 34.5 Å². The molecule has 40 heavy (non-hydrogen) atoms. The monoisotopic (exact) mass is 579 g/mol. The maximum atomic E-state index is 11.7. The third-order valence-corrected chi connectivity index (χ3v) is 10.4. The molecule has 2 aromatic carbocycles. The summed E-state index contributed by atoms with van der Waals surface area (Å²) in [5, 5.41) is 3.35. The number of hydrogen-bond donors (Lipinski definition) is 2. The van der Waals surface area contributed by atoms with E-state index in [1.165, 1.54) is 34.2 Å². The average Bonchev–Trinajstić information content (AvgIpc) is 3.27. The summed E-state index contributed by atoms with van der Waals surface area (Å²) in [5.41, 5.74) is 8.64. The molecule has 2 atom stereocenters. The second-order valence-electron chi connectivity index (χ2n) is 12.3. The van der Waals surface area contributed by atoms with Gasteiger partial charge in [-0.05, 0) is 88.8 Å². The lowest BCUT2D eigenvalue weighted by molar-refractivity contribution is -0.433. The number of benzene rings is 2. The number of fused-ring (bicyclic) bond motifs is 2. The van der Waals surface area contributed by atoms with Crippen molar-refractivity contribution in [3.8, 4) is 0 Å². The Morgan fingerprint density at radius 2 is 1.82 bits per heavy atom. The minimum atomic E-state index is -4.26. The minimum absolute atomic E-state index is 0.0720. The van der Waals surface area contributed by atoms with Gasteiger partial charge in [0.25, 0.3) is 10.1 Å². The van der Waals surface area contributed by atoms with E-state index in [9.17, 15) is 13.0 Å². The van der Waals surface area contributed by atoms with E-state index in [1.54, 1.807) is 12.1 Å². The van der Waals surface area contributed by atoms with Crippen molar-refractivity contribution < 1.29 is 17.5 Å². The zero-order chi connectivity index (χ0) is 29.0. The molecule has 0 amide bonds. The van der Waals surface area contributed by atoms with E-state index < -0.39 is 15.5 Å². The molecule has 0 saturated heterocycles. The van der Waals surface area contributed by atoms with Crippen LogP contribution >= 0.6 is 11.6 Å². The molecule has 0 spiro atoms. The number of halogens is 1. The lowest BCUT2D eigenvalue weighted by atomic mass is 9.79. The molecule has 1 aliphatic carbocycles. The van der Waals surface area contributed by atoms with Gasteiger partial charge in [-0.25, -0.2) is 0 Å². The molecule has 2 aromatic rings. The Bertz CT molecular complexity index is 1600. The lowest BCUT2D eigenvalue weighted by Gasteiger charge is -2.28. The van der Waals surface area contributed by atoms with Gasteiger partial charge in [0.1, 0.15) is 6.54 Å². The summed E-state index contributed by atoms with van der Waals surface area (Å²) in [6.45, 7) is 14.0. The number of rotatable bonds is 5. The summed E-state index contributed by atoms with van der Waals surface area (Å²) in [5.74, 6) is 0.242. The molecule has 1 saturated carbocycles. The highest BCUT2D eigenvalue weighted by Gasteiger charge is 2.44. The van der Waals surface area contributed by atoms with Gasteiger partial charge in [0.15, 0.2) is 5.71 Å². The number of aryl methyl sites for hydroxylation is 1. The van der Waals surface area contributed by atoms with Crippen molar-refractivity contribution in [1.29, 1.82) is 0 Å². The molecular weight excluding hydrogens is 540 g/mol. The van der Waals surface area contributed by atoms with Crippen LogP contribution in [0.15, 0.2) is 76.9 Å². The number of nitrogens with one attached hydrogen (secondary N) is 1. The topological polar surface area (TPSA) is 69.4 Å². The predicted molar refractivity (Wildman–Crippen MR) is 165 cm³/mol. The predicted octanol–water partition coefficient (Wildman–Crippen LogP) is 7.82. The van der Waals surface area contributed by atoms with Crippen LogP contribution in [-0.4, -0.2) is 35.2 Å². The van der Waals surface area contributed by atoms with Crippen LogP contribution in [0.4, 0.5) is 11.4 Å². The van der Waals surface area contributed by atoms with Crippen LogP contribution in [0.2, 0.25) is 0 Å². The molecule has 1 fully saturated rings. The van der Waals surface area contributed by atoms with E-state index in [0.717, 1.165) is 42.8 Å². The summed E-state index contributed by atoms with van der Waals surface area (Å²) >= 11 is 7.12. The SMILES string of the molecule is CC[N+]1=C(/C=C/C2CCC/C(=C\C=C3\Nc4ccc(S(=O)(=O)O)cc4C3(C)C)C2Cl)C(C)(C)c2cc(C)ccc21. The van der Waals surface area contributed by atoms with Crippen molar-refractivity contribution >= 4 is 38.8 Å². The van der Waals surface area contributed by atoms with E-state index in [4.69, 9.17) is 11.6 Å². The highest BCUT2D eigenvalue weighted by molar-refractivity contribution is 7.85. The molecule has 5 rings (SSSR count). The lowest BCUT2D eigenvalue weighted by Crippen LogP contribution is -2.28. The van der Waals surface area contributed by atoms with Gasteiger partial charge in [-0.1, -0.05) is 43.2 Å². The van der Waals surface area contributed by atoms with E-state index in [0.29, 0.717) is 0 Å². The summed E-state index contributed by atoms with van der Waals surface area (Å²) in [4.78, 5) is -0.0911. The van der Waals surface area contributed by atoms with Crippen LogP contribution in [0.5, 0.6) is 0 Å². The van der Waals surface area contributed by atoms with E-state index in [2.05, 4.69) is 80.1 Å². The fourth-order valence-electron chi connectivity index (χ4n) is 6.51. The van der Waals surface area contributed by atoms with Gasteiger partial charge in [-0.15, -0.1) is 11.6 Å². The molecule has 5 nitrogen and oxygen atoms in total. The zero-order valence-corrected chi connectivity index (χ0v) is 25.8. The maximum Gasteiger partial charge on any atom is 0.294 e. The van der Waals surface area contributed by atoms with Crippen LogP contribution in [-0.2, 0) is 20.9 Å². The molecule has 0 bridgehead atoms. The number of nitrogens with zero attached hydrogens (tertiary/aromatic N) is 1. The quantitative estimate of drug-likeness (QED) is 0.215. The first-order valence-corrected chi connectivity index (χ1v) is 16.0. The third kappa shape index (κ3) is 4.99. The van der Waals surface area contributed by atoms with Crippen LogP contribution in [0.3, 0.4) is 0 Å². The summed E-state index contributed by atoms with van der Waals surface area (Å²) in [6, 6.07) is 11.4. The second-order valence-corrected chi connectivity index (χ2v) is 14.2. The fraction of sp³-hybridized carbons (Fsp3) is 0.424. The van der Waals surface area contributed by atoms with E-state index in [1.807, 2.05) is 13.8 Å². The van der Waals surface area contributed by atoms with Gasteiger partial charge < -0.3 is 5.32 Å². The molecule has 3 aliphatic rings. The number of allylic oxidation sites excluding steroid dienone is 6. The Kier molecular flexibility index (Phi) is 7.43. The van der Waals surface area contributed by atoms with E-state index >= 15 is 0 Å². The van der Waals surface area contributed by atoms with Gasteiger partial charge in [0.05, 0.1) is 15.7 Å². The number of alkyl halides is 1. The Morgan fingerprint density at radius 1 is 1.07 bits per heavy atom. The van der Waals surface area contributed by atoms with Gasteiger partial charge in [-0.2, -0.15) is 13.0 Å². The standard InChI is InChI=1S/C33H39ClN2O3S/c1-7-36-28-16-11-21(2)19-26(28)33(5,6)30(36)18-13-23-10-8-9-22(31(23)34)12-17-29-32(3,4)25-20-24(40(37,38)39)14-15-27(25)35-29/h11-20,23,31,35H,7-10H2,1-6H3/p+1/b18-13+,22-12+,29-17+. The fourth-order valence-corrected chi connectivity index (χ4v) is 7.41. The summed E-state index contributed by atoms with van der Waals surface area (Å²) in [7, 11) is -4.26. The van der Waals surface area contributed by atoms with Crippen LogP contribution in [0.25, 0.3) is 0 Å². The molecule has 2 heterocycles. The maximum absolute atomic E-state index is 11.7. The first-order chi connectivity index (χ1) is 18.7. The average molecular weight is 580 g/mol. The summed E-state index contributed by atoms with van der Waals surface area (Å²) < 4.78 is 35.3. The zero-order valence-electron chi connectivity index (χ0n) is 24.3. The Morgan fingerprint density at radius 3 is 2.52 bits per heavy atom. The van der Waals surface area contributed by atoms with Crippen molar-refractivity contribution in [3.63, 3.8) is 0 Å². The molecule has 7 heteroatoms.